The van der Waals surface area contributed by atoms with Gasteiger partial charge in [-0.1, -0.05) is 0 Å². The molecule has 0 saturated carbocycles. The van der Waals surface area contributed by atoms with Crippen LogP contribution in [0.2, 0.25) is 0 Å². The van der Waals surface area contributed by atoms with Gasteiger partial charge in [0.15, 0.2) is 5.69 Å². The fourth-order valence-electron chi connectivity index (χ4n) is 1.16. The van der Waals surface area contributed by atoms with E-state index in [0.29, 0.717) is 16.6 Å². The van der Waals surface area contributed by atoms with E-state index < -0.39 is 5.97 Å². The van der Waals surface area contributed by atoms with Gasteiger partial charge in [-0.25, -0.2) is 9.78 Å². The van der Waals surface area contributed by atoms with Crippen molar-refractivity contribution in [3.05, 3.63) is 17.6 Å². The summed E-state index contributed by atoms with van der Waals surface area (Å²) in [5, 5.41) is 4.54. The van der Waals surface area contributed by atoms with Crippen molar-refractivity contribution in [3.8, 4) is 0 Å². The van der Waals surface area contributed by atoms with E-state index in [4.69, 9.17) is 0 Å². The molecule has 2 rings (SSSR count). The minimum atomic E-state index is -0.520. The Hall–Kier alpha value is -1.63. The Morgan fingerprint density at radius 2 is 2.27 bits per heavy atom. The second-order valence-electron chi connectivity index (χ2n) is 2.86. The van der Waals surface area contributed by atoms with E-state index in [1.54, 1.807) is 6.92 Å². The maximum absolute atomic E-state index is 11.2. The number of rotatable bonds is 1. The van der Waals surface area contributed by atoms with Crippen LogP contribution in [0.4, 0.5) is 0 Å². The van der Waals surface area contributed by atoms with Crippen LogP contribution in [0.3, 0.4) is 0 Å². The summed E-state index contributed by atoms with van der Waals surface area (Å²) in [5.74, 6) is 0.383. The summed E-state index contributed by atoms with van der Waals surface area (Å²) in [6.07, 6.45) is 0. The monoisotopic (exact) mass is 224 g/mol. The summed E-state index contributed by atoms with van der Waals surface area (Å²) in [4.78, 5) is 19.3. The third-order valence-electron chi connectivity index (χ3n) is 1.79. The summed E-state index contributed by atoms with van der Waals surface area (Å²) in [5.41, 5.74) is 0.169. The molecule has 6 nitrogen and oxygen atoms in total. The number of thiol groups is 1. The number of nitrogens with zero attached hydrogens (tertiary/aromatic N) is 4. The largest absolute Gasteiger partial charge is 0.464 e. The topological polar surface area (TPSA) is 69.4 Å². The number of methoxy groups -OCH3 is 1. The van der Waals surface area contributed by atoms with Gasteiger partial charge in [0.05, 0.1) is 7.11 Å². The van der Waals surface area contributed by atoms with Crippen molar-refractivity contribution in [2.45, 2.75) is 11.9 Å². The predicted molar refractivity (Wildman–Crippen MR) is 54.1 cm³/mol. The van der Waals surface area contributed by atoms with Crippen molar-refractivity contribution in [2.24, 2.45) is 0 Å². The Balaban J connectivity index is 2.66. The lowest BCUT2D eigenvalue weighted by molar-refractivity contribution is 0.0593. The molecule has 0 atom stereocenters. The molecule has 0 aliphatic heterocycles. The second-order valence-corrected chi connectivity index (χ2v) is 3.32. The number of esters is 1. The van der Waals surface area contributed by atoms with E-state index >= 15 is 0 Å². The van der Waals surface area contributed by atoms with Gasteiger partial charge in [-0.05, 0) is 6.92 Å². The predicted octanol–water partition coefficient (Wildman–Crippen LogP) is 0.508. The van der Waals surface area contributed by atoms with Gasteiger partial charge in [-0.3, -0.25) is 0 Å². The first-order valence-electron chi connectivity index (χ1n) is 4.13. The zero-order valence-corrected chi connectivity index (χ0v) is 9.02. The lowest BCUT2D eigenvalue weighted by Crippen LogP contribution is -2.07. The van der Waals surface area contributed by atoms with Crippen LogP contribution in [0.5, 0.6) is 0 Å². The van der Waals surface area contributed by atoms with Gasteiger partial charge in [-0.15, -0.1) is 17.7 Å². The van der Waals surface area contributed by atoms with Crippen LogP contribution < -0.4 is 0 Å². The zero-order chi connectivity index (χ0) is 11.0. The van der Waals surface area contributed by atoms with Gasteiger partial charge in [0, 0.05) is 6.07 Å². The van der Waals surface area contributed by atoms with Crippen molar-refractivity contribution < 1.29 is 9.53 Å². The van der Waals surface area contributed by atoms with E-state index in [-0.39, 0.29) is 5.69 Å². The summed E-state index contributed by atoms with van der Waals surface area (Å²) >= 11 is 4.18. The van der Waals surface area contributed by atoms with Crippen LogP contribution in [0.1, 0.15) is 16.3 Å². The molecule has 0 aliphatic rings. The maximum atomic E-state index is 11.2. The molecule has 2 aromatic heterocycles. The number of hydrogen-bond donors (Lipinski definition) is 1. The van der Waals surface area contributed by atoms with E-state index in [2.05, 4.69) is 32.4 Å². The Bertz CT molecular complexity index is 537. The number of carbonyl (C=O) groups is 1. The third kappa shape index (κ3) is 1.65. The molecule has 0 N–H and O–H groups in total. The van der Waals surface area contributed by atoms with Crippen molar-refractivity contribution >= 4 is 24.4 Å². The molecule has 0 unspecified atom stereocenters. The Labute approximate surface area is 90.7 Å². The Morgan fingerprint density at radius 1 is 1.53 bits per heavy atom. The first kappa shape index (κ1) is 9.91. The Kier molecular flexibility index (Phi) is 2.31. The molecular formula is C8H8N4O2S. The maximum Gasteiger partial charge on any atom is 0.356 e. The van der Waals surface area contributed by atoms with Gasteiger partial charge in [0.2, 0.25) is 0 Å². The molecule has 0 fully saturated rings. The number of carbonyl (C=O) groups excluding carboxylic acids is 1. The minimum Gasteiger partial charge on any atom is -0.464 e. The van der Waals surface area contributed by atoms with Crippen molar-refractivity contribution in [1.29, 1.82) is 0 Å². The standard InChI is InChI=1S/C8H8N4O2S/c1-4-9-8-10-5(7(13)14-2)3-6(15)12(8)11-4/h3,15H,1-2H3. The fourth-order valence-corrected chi connectivity index (χ4v) is 1.42. The number of fused-ring (bicyclic) bond motifs is 1. The van der Waals surface area contributed by atoms with Gasteiger partial charge in [0.1, 0.15) is 10.9 Å². The lowest BCUT2D eigenvalue weighted by Gasteiger charge is -2.00. The normalized spacial score (nSPS) is 10.6. The second kappa shape index (κ2) is 3.50. The highest BCUT2D eigenvalue weighted by Gasteiger charge is 2.12. The minimum absolute atomic E-state index is 0.169. The van der Waals surface area contributed by atoms with E-state index in [0.717, 1.165) is 0 Å². The molecule has 0 aliphatic carbocycles. The van der Waals surface area contributed by atoms with Crippen molar-refractivity contribution in [1.82, 2.24) is 19.6 Å². The molecular weight excluding hydrogens is 216 g/mol. The molecule has 0 saturated heterocycles. The van der Waals surface area contributed by atoms with Crippen molar-refractivity contribution in [3.63, 3.8) is 0 Å². The molecule has 0 aromatic carbocycles. The first-order valence-corrected chi connectivity index (χ1v) is 4.58. The van der Waals surface area contributed by atoms with Gasteiger partial charge in [-0.2, -0.15) is 9.50 Å². The van der Waals surface area contributed by atoms with E-state index in [9.17, 15) is 4.79 Å². The quantitative estimate of drug-likeness (QED) is 0.434. The summed E-state index contributed by atoms with van der Waals surface area (Å²) in [7, 11) is 1.29. The van der Waals surface area contributed by atoms with Crippen LogP contribution in [-0.4, -0.2) is 32.7 Å². The van der Waals surface area contributed by atoms with Crippen molar-refractivity contribution in [2.75, 3.05) is 7.11 Å². The first-order chi connectivity index (χ1) is 7.11. The Morgan fingerprint density at radius 3 is 2.93 bits per heavy atom. The van der Waals surface area contributed by atoms with Crippen LogP contribution in [-0.2, 0) is 4.74 Å². The average molecular weight is 224 g/mol. The molecule has 0 spiro atoms. The summed E-state index contributed by atoms with van der Waals surface area (Å²) in [6.45, 7) is 1.74. The van der Waals surface area contributed by atoms with Crippen LogP contribution in [0.15, 0.2) is 11.1 Å². The fraction of sp³-hybridized carbons (Fsp3) is 0.250. The van der Waals surface area contributed by atoms with Gasteiger partial charge < -0.3 is 4.74 Å². The average Bonchev–Trinajstić information content (AvgIpc) is 2.58. The third-order valence-corrected chi connectivity index (χ3v) is 2.11. The number of ether oxygens (including phenoxy) is 1. The van der Waals surface area contributed by atoms with E-state index in [1.807, 2.05) is 0 Å². The summed E-state index contributed by atoms with van der Waals surface area (Å²) in [6, 6.07) is 1.48. The summed E-state index contributed by atoms with van der Waals surface area (Å²) < 4.78 is 6.00. The molecule has 2 heterocycles. The molecule has 0 radical (unpaired) electrons. The van der Waals surface area contributed by atoms with Crippen LogP contribution in [0.25, 0.3) is 5.78 Å². The molecule has 0 bridgehead atoms. The molecule has 2 aromatic rings. The van der Waals surface area contributed by atoms with Crippen LogP contribution in [0, 0.1) is 6.92 Å². The highest BCUT2D eigenvalue weighted by atomic mass is 32.1. The number of aryl methyl sites for hydroxylation is 1. The number of hydrogen-bond acceptors (Lipinski definition) is 6. The lowest BCUT2D eigenvalue weighted by atomic mass is 10.4. The SMILES string of the molecule is COC(=O)c1cc(S)n2nc(C)nc2n1. The zero-order valence-electron chi connectivity index (χ0n) is 8.13. The molecule has 0 amide bonds. The van der Waals surface area contributed by atoms with Gasteiger partial charge in [0.25, 0.3) is 5.78 Å². The highest BCUT2D eigenvalue weighted by Crippen LogP contribution is 2.10. The smallest absolute Gasteiger partial charge is 0.356 e. The van der Waals surface area contributed by atoms with Crippen LogP contribution >= 0.6 is 12.6 Å². The van der Waals surface area contributed by atoms with Gasteiger partial charge >= 0.3 is 5.97 Å². The molecule has 7 heteroatoms. The molecule has 15 heavy (non-hydrogen) atoms. The number of aromatic nitrogens is 4. The highest BCUT2D eigenvalue weighted by molar-refractivity contribution is 7.80. The van der Waals surface area contributed by atoms with E-state index in [1.165, 1.54) is 17.7 Å². The molecule has 78 valence electrons.